The summed E-state index contributed by atoms with van der Waals surface area (Å²) in [5.74, 6) is -0.684. The summed E-state index contributed by atoms with van der Waals surface area (Å²) in [6.45, 7) is 7.41. The minimum absolute atomic E-state index is 0.0585. The molecule has 0 spiro atoms. The fraction of sp³-hybridized carbons (Fsp3) is 0.435. The molecule has 1 aromatic carbocycles. The van der Waals surface area contributed by atoms with Gasteiger partial charge in [-0.15, -0.1) is 0 Å². The van der Waals surface area contributed by atoms with Crippen LogP contribution in [0.4, 0.5) is 5.88 Å². The van der Waals surface area contributed by atoms with Gasteiger partial charge in [0.05, 0.1) is 26.9 Å². The monoisotopic (exact) mass is 447 g/mol. The van der Waals surface area contributed by atoms with E-state index in [1.807, 2.05) is 13.0 Å². The summed E-state index contributed by atoms with van der Waals surface area (Å²) < 4.78 is 26.4. The van der Waals surface area contributed by atoms with Gasteiger partial charge in [-0.1, -0.05) is 6.07 Å². The van der Waals surface area contributed by atoms with Crippen LogP contribution in [0, 0.1) is 6.92 Å². The number of esters is 2. The number of anilines is 1. The molecule has 1 N–H and O–H groups in total. The Labute approximate surface area is 187 Å². The number of amides is 1. The van der Waals surface area contributed by atoms with E-state index < -0.39 is 17.8 Å². The van der Waals surface area contributed by atoms with Crippen molar-refractivity contribution in [1.29, 1.82) is 0 Å². The molecule has 1 heterocycles. The maximum absolute atomic E-state index is 12.6. The molecular formula is C23H29NO8. The first-order chi connectivity index (χ1) is 15.4. The van der Waals surface area contributed by atoms with Gasteiger partial charge in [0.1, 0.15) is 16.9 Å². The minimum atomic E-state index is -0.779. The van der Waals surface area contributed by atoms with E-state index in [-0.39, 0.29) is 42.4 Å². The number of furan rings is 1. The van der Waals surface area contributed by atoms with E-state index in [9.17, 15) is 14.4 Å². The smallest absolute Gasteiger partial charge is 0.344 e. The number of rotatable bonds is 11. The molecule has 2 aromatic rings. The molecule has 0 atom stereocenters. The largest absolute Gasteiger partial charge is 0.493 e. The van der Waals surface area contributed by atoms with Crippen LogP contribution in [-0.4, -0.2) is 44.8 Å². The number of carbonyl (C=O) groups excluding carboxylic acids is 3. The predicted molar refractivity (Wildman–Crippen MR) is 116 cm³/mol. The van der Waals surface area contributed by atoms with Crippen LogP contribution in [0.5, 0.6) is 11.5 Å². The number of benzene rings is 1. The van der Waals surface area contributed by atoms with Gasteiger partial charge in [-0.05, 0) is 51.8 Å². The summed E-state index contributed by atoms with van der Waals surface area (Å²) in [7, 11) is 1.55. The number of aryl methyl sites for hydroxylation is 2. The lowest BCUT2D eigenvalue weighted by Gasteiger charge is -2.11. The summed E-state index contributed by atoms with van der Waals surface area (Å²) in [5, 5.41) is 2.57. The topological polar surface area (TPSA) is 113 Å². The Balaban J connectivity index is 2.18. The molecule has 0 bridgehead atoms. The molecule has 1 amide bonds. The van der Waals surface area contributed by atoms with E-state index in [1.165, 1.54) is 6.92 Å². The van der Waals surface area contributed by atoms with Gasteiger partial charge in [0.2, 0.25) is 11.8 Å². The maximum Gasteiger partial charge on any atom is 0.344 e. The van der Waals surface area contributed by atoms with Crippen molar-refractivity contribution in [1.82, 2.24) is 0 Å². The molecule has 0 saturated carbocycles. The molecule has 0 radical (unpaired) electrons. The fourth-order valence-electron chi connectivity index (χ4n) is 3.07. The van der Waals surface area contributed by atoms with Crippen LogP contribution in [-0.2, 0) is 20.7 Å². The Bertz CT molecular complexity index is 963. The number of carbonyl (C=O) groups is 3. The molecule has 1 aromatic heterocycles. The highest BCUT2D eigenvalue weighted by Gasteiger charge is 2.31. The van der Waals surface area contributed by atoms with Gasteiger partial charge >= 0.3 is 11.9 Å². The molecule has 174 valence electrons. The number of nitrogens with one attached hydrogen (secondary N) is 1. The SMILES string of the molecule is CCOC(=O)c1c(C)oc(NC(=O)CCc2ccc(OCC)c(OC)c2)c1C(=O)OCC. The molecule has 9 heteroatoms. The van der Waals surface area contributed by atoms with Crippen LogP contribution < -0.4 is 14.8 Å². The van der Waals surface area contributed by atoms with E-state index in [0.717, 1.165) is 5.56 Å². The maximum atomic E-state index is 12.6. The molecule has 0 aliphatic carbocycles. The quantitative estimate of drug-likeness (QED) is 0.516. The van der Waals surface area contributed by atoms with Gasteiger partial charge in [-0.25, -0.2) is 9.59 Å². The van der Waals surface area contributed by atoms with Crippen LogP contribution in [0.15, 0.2) is 22.6 Å². The van der Waals surface area contributed by atoms with Crippen LogP contribution in [0.2, 0.25) is 0 Å². The molecule has 0 saturated heterocycles. The molecule has 0 aliphatic heterocycles. The van der Waals surface area contributed by atoms with Crippen molar-refractivity contribution in [3.63, 3.8) is 0 Å². The van der Waals surface area contributed by atoms with Crippen molar-refractivity contribution >= 4 is 23.7 Å². The number of methoxy groups -OCH3 is 1. The van der Waals surface area contributed by atoms with Crippen LogP contribution in [0.25, 0.3) is 0 Å². The molecular weight excluding hydrogens is 418 g/mol. The van der Waals surface area contributed by atoms with Crippen LogP contribution in [0.3, 0.4) is 0 Å². The second-order valence-electron chi connectivity index (χ2n) is 6.64. The van der Waals surface area contributed by atoms with Crippen molar-refractivity contribution in [3.05, 3.63) is 40.6 Å². The Morgan fingerprint density at radius 2 is 1.59 bits per heavy atom. The highest BCUT2D eigenvalue weighted by Crippen LogP contribution is 2.30. The Morgan fingerprint density at radius 1 is 0.938 bits per heavy atom. The summed E-state index contributed by atoms with van der Waals surface area (Å²) in [6, 6.07) is 5.44. The Hall–Kier alpha value is -3.49. The van der Waals surface area contributed by atoms with Crippen molar-refractivity contribution in [2.24, 2.45) is 0 Å². The molecule has 0 aliphatic rings. The van der Waals surface area contributed by atoms with Gasteiger partial charge in [-0.2, -0.15) is 0 Å². The summed E-state index contributed by atoms with van der Waals surface area (Å²) in [5.41, 5.74) is 0.657. The van der Waals surface area contributed by atoms with E-state index in [0.29, 0.717) is 24.5 Å². The minimum Gasteiger partial charge on any atom is -0.493 e. The third-order valence-electron chi connectivity index (χ3n) is 4.46. The van der Waals surface area contributed by atoms with E-state index in [1.54, 1.807) is 33.1 Å². The highest BCUT2D eigenvalue weighted by molar-refractivity contribution is 6.09. The highest BCUT2D eigenvalue weighted by atomic mass is 16.5. The average molecular weight is 447 g/mol. The molecule has 9 nitrogen and oxygen atoms in total. The normalized spacial score (nSPS) is 10.4. The first-order valence-corrected chi connectivity index (χ1v) is 10.4. The van der Waals surface area contributed by atoms with Gasteiger partial charge in [0.15, 0.2) is 11.5 Å². The van der Waals surface area contributed by atoms with Crippen LogP contribution in [0.1, 0.15) is 59.2 Å². The van der Waals surface area contributed by atoms with Gasteiger partial charge in [0.25, 0.3) is 0 Å². The van der Waals surface area contributed by atoms with Crippen molar-refractivity contribution in [2.45, 2.75) is 40.5 Å². The van der Waals surface area contributed by atoms with E-state index in [4.69, 9.17) is 23.4 Å². The van der Waals surface area contributed by atoms with Crippen LogP contribution >= 0.6 is 0 Å². The lowest BCUT2D eigenvalue weighted by atomic mass is 10.1. The molecule has 0 fully saturated rings. The van der Waals surface area contributed by atoms with Gasteiger partial charge in [-0.3, -0.25) is 10.1 Å². The lowest BCUT2D eigenvalue weighted by Crippen LogP contribution is -2.17. The molecule has 2 rings (SSSR count). The Morgan fingerprint density at radius 3 is 2.19 bits per heavy atom. The second-order valence-corrected chi connectivity index (χ2v) is 6.64. The summed E-state index contributed by atoms with van der Waals surface area (Å²) in [4.78, 5) is 37.3. The lowest BCUT2D eigenvalue weighted by molar-refractivity contribution is -0.116. The van der Waals surface area contributed by atoms with E-state index >= 15 is 0 Å². The van der Waals surface area contributed by atoms with Gasteiger partial charge < -0.3 is 23.4 Å². The zero-order chi connectivity index (χ0) is 23.7. The molecule has 32 heavy (non-hydrogen) atoms. The number of ether oxygens (including phenoxy) is 4. The fourth-order valence-corrected chi connectivity index (χ4v) is 3.07. The van der Waals surface area contributed by atoms with Crippen molar-refractivity contribution in [3.8, 4) is 11.5 Å². The third kappa shape index (κ3) is 6.03. The summed E-state index contributed by atoms with van der Waals surface area (Å²) in [6.07, 6.45) is 0.516. The van der Waals surface area contributed by atoms with Crippen molar-refractivity contribution < 1.29 is 37.7 Å². The van der Waals surface area contributed by atoms with Crippen molar-refractivity contribution in [2.75, 3.05) is 32.2 Å². The standard InChI is InChI=1S/C23H29NO8/c1-6-29-16-11-9-15(13-17(16)28-5)10-12-18(25)24-21-20(23(27)31-8-3)19(14(4)32-21)22(26)30-7-2/h9,11,13H,6-8,10,12H2,1-5H3,(H,24,25). The number of hydrogen-bond donors (Lipinski definition) is 1. The third-order valence-corrected chi connectivity index (χ3v) is 4.46. The predicted octanol–water partition coefficient (Wildman–Crippen LogP) is 3.92. The second kappa shape index (κ2) is 11.8. The zero-order valence-electron chi connectivity index (χ0n) is 19.0. The van der Waals surface area contributed by atoms with Gasteiger partial charge in [0, 0.05) is 6.42 Å². The molecule has 0 unspecified atom stereocenters. The summed E-state index contributed by atoms with van der Waals surface area (Å²) >= 11 is 0. The number of hydrogen-bond acceptors (Lipinski definition) is 8. The Kier molecular flexibility index (Phi) is 9.12. The average Bonchev–Trinajstić information content (AvgIpc) is 3.09. The first kappa shape index (κ1) is 24.8. The first-order valence-electron chi connectivity index (χ1n) is 10.4. The van der Waals surface area contributed by atoms with E-state index in [2.05, 4.69) is 5.32 Å². The zero-order valence-corrected chi connectivity index (χ0v) is 19.0.